The molecule has 1 N–H and O–H groups in total. The van der Waals surface area contributed by atoms with Crippen LogP contribution in [0.5, 0.6) is 0 Å². The minimum absolute atomic E-state index is 0.591. The summed E-state index contributed by atoms with van der Waals surface area (Å²) in [5, 5.41) is 7.96. The first-order valence-electron chi connectivity index (χ1n) is 5.97. The van der Waals surface area contributed by atoms with Crippen molar-refractivity contribution in [1.29, 1.82) is 0 Å². The molecule has 1 aromatic carbocycles. The van der Waals surface area contributed by atoms with Crippen LogP contribution in [0.2, 0.25) is 5.02 Å². The highest BCUT2D eigenvalue weighted by Gasteiger charge is 2.03. The molecule has 0 aliphatic heterocycles. The minimum Gasteiger partial charge on any atom is -0.366 e. The number of nitrogens with one attached hydrogen (secondary N) is 1. The third-order valence-electron chi connectivity index (χ3n) is 2.72. The Hall–Kier alpha value is -2.47. The summed E-state index contributed by atoms with van der Waals surface area (Å²) in [6.45, 7) is 0.591. The second-order valence-corrected chi connectivity index (χ2v) is 4.45. The molecular weight excluding hydrogens is 276 g/mol. The molecule has 6 nitrogen and oxygen atoms in total. The maximum Gasteiger partial charge on any atom is 0.160 e. The molecule has 7 heteroatoms. The Labute approximate surface area is 120 Å². The summed E-state index contributed by atoms with van der Waals surface area (Å²) in [5.41, 5.74) is 1.01. The van der Waals surface area contributed by atoms with Crippen LogP contribution < -0.4 is 5.32 Å². The van der Waals surface area contributed by atoms with Gasteiger partial charge in [-0.05, 0) is 11.6 Å². The van der Waals surface area contributed by atoms with E-state index < -0.39 is 0 Å². The SMILES string of the molecule is Clc1ccccc1CNc1cc(-n2cncn2)ncn1. The second-order valence-electron chi connectivity index (χ2n) is 4.05. The zero-order chi connectivity index (χ0) is 13.8. The van der Waals surface area contributed by atoms with Crippen molar-refractivity contribution in [3.63, 3.8) is 0 Å². The lowest BCUT2D eigenvalue weighted by Gasteiger charge is -2.08. The van der Waals surface area contributed by atoms with Crippen molar-refractivity contribution in [2.45, 2.75) is 6.54 Å². The highest BCUT2D eigenvalue weighted by molar-refractivity contribution is 6.31. The molecule has 3 rings (SSSR count). The van der Waals surface area contributed by atoms with Crippen molar-refractivity contribution in [2.75, 3.05) is 5.32 Å². The molecule has 100 valence electrons. The fraction of sp³-hybridized carbons (Fsp3) is 0.0769. The monoisotopic (exact) mass is 286 g/mol. The third-order valence-corrected chi connectivity index (χ3v) is 3.09. The summed E-state index contributed by atoms with van der Waals surface area (Å²) in [5.74, 6) is 1.35. The quantitative estimate of drug-likeness (QED) is 0.797. The Bertz CT molecular complexity index is 698. The highest BCUT2D eigenvalue weighted by atomic mass is 35.5. The van der Waals surface area contributed by atoms with Gasteiger partial charge in [-0.2, -0.15) is 5.10 Å². The number of aromatic nitrogens is 5. The molecule has 0 fully saturated rings. The Balaban J connectivity index is 1.75. The molecule has 20 heavy (non-hydrogen) atoms. The number of benzene rings is 1. The zero-order valence-electron chi connectivity index (χ0n) is 10.4. The number of anilines is 1. The van der Waals surface area contributed by atoms with Gasteiger partial charge in [0, 0.05) is 17.6 Å². The lowest BCUT2D eigenvalue weighted by molar-refractivity contribution is 0.837. The summed E-state index contributed by atoms with van der Waals surface area (Å²) >= 11 is 6.11. The average molecular weight is 287 g/mol. The van der Waals surface area contributed by atoms with Crippen molar-refractivity contribution >= 4 is 17.4 Å². The van der Waals surface area contributed by atoms with E-state index in [2.05, 4.69) is 25.4 Å². The molecule has 0 spiro atoms. The molecule has 0 atom stereocenters. The van der Waals surface area contributed by atoms with Crippen molar-refractivity contribution in [3.05, 3.63) is 59.9 Å². The molecule has 0 saturated heterocycles. The van der Waals surface area contributed by atoms with Crippen LogP contribution in [0.3, 0.4) is 0 Å². The molecule has 2 aromatic heterocycles. The molecule has 0 amide bonds. The molecule has 0 bridgehead atoms. The van der Waals surface area contributed by atoms with Gasteiger partial charge in [0.1, 0.15) is 24.8 Å². The second kappa shape index (κ2) is 5.66. The van der Waals surface area contributed by atoms with E-state index in [0.29, 0.717) is 18.2 Å². The maximum atomic E-state index is 6.11. The van der Waals surface area contributed by atoms with E-state index in [0.717, 1.165) is 10.6 Å². The predicted molar refractivity (Wildman–Crippen MR) is 75.7 cm³/mol. The molecule has 0 unspecified atom stereocenters. The summed E-state index contributed by atoms with van der Waals surface area (Å²) in [7, 11) is 0. The average Bonchev–Trinajstić information content (AvgIpc) is 3.01. The van der Waals surface area contributed by atoms with Gasteiger partial charge in [-0.3, -0.25) is 0 Å². The van der Waals surface area contributed by atoms with Gasteiger partial charge in [0.15, 0.2) is 5.82 Å². The summed E-state index contributed by atoms with van der Waals surface area (Å²) in [6.07, 6.45) is 4.52. The Kier molecular flexibility index (Phi) is 3.56. The highest BCUT2D eigenvalue weighted by Crippen LogP contribution is 2.16. The molecule has 3 aromatic rings. The van der Waals surface area contributed by atoms with Crippen LogP contribution in [0.4, 0.5) is 5.82 Å². The standard InChI is InChI=1S/C13H11ClN6/c14-11-4-2-1-3-10(11)6-16-12-5-13(18-8-17-12)20-9-15-7-19-20/h1-5,7-9H,6H2,(H,16,17,18). The van der Waals surface area contributed by atoms with Crippen LogP contribution in [0, 0.1) is 0 Å². The zero-order valence-corrected chi connectivity index (χ0v) is 11.2. The number of nitrogens with zero attached hydrogens (tertiary/aromatic N) is 5. The first-order chi connectivity index (χ1) is 9.83. The fourth-order valence-electron chi connectivity index (χ4n) is 1.72. The van der Waals surface area contributed by atoms with E-state index in [-0.39, 0.29) is 0 Å². The van der Waals surface area contributed by atoms with Gasteiger partial charge in [0.2, 0.25) is 0 Å². The smallest absolute Gasteiger partial charge is 0.160 e. The molecular formula is C13H11ClN6. The van der Waals surface area contributed by atoms with Crippen molar-refractivity contribution in [2.24, 2.45) is 0 Å². The first kappa shape index (κ1) is 12.6. The third kappa shape index (κ3) is 2.75. The van der Waals surface area contributed by atoms with Crippen LogP contribution >= 0.6 is 11.6 Å². The van der Waals surface area contributed by atoms with Gasteiger partial charge in [-0.15, -0.1) is 0 Å². The normalized spacial score (nSPS) is 10.4. The first-order valence-corrected chi connectivity index (χ1v) is 6.35. The number of rotatable bonds is 4. The van der Waals surface area contributed by atoms with E-state index in [1.165, 1.54) is 12.7 Å². The lowest BCUT2D eigenvalue weighted by Crippen LogP contribution is -2.05. The Morgan fingerprint density at radius 3 is 2.85 bits per heavy atom. The van der Waals surface area contributed by atoms with Crippen LogP contribution in [0.1, 0.15) is 5.56 Å². The molecule has 0 saturated carbocycles. The van der Waals surface area contributed by atoms with Crippen molar-refractivity contribution in [1.82, 2.24) is 24.7 Å². The van der Waals surface area contributed by atoms with Crippen molar-refractivity contribution in [3.8, 4) is 5.82 Å². The topological polar surface area (TPSA) is 68.5 Å². The number of hydrogen-bond donors (Lipinski definition) is 1. The van der Waals surface area contributed by atoms with Gasteiger partial charge in [-0.25, -0.2) is 19.6 Å². The molecule has 0 aliphatic carbocycles. The Morgan fingerprint density at radius 1 is 1.15 bits per heavy atom. The van der Waals surface area contributed by atoms with Gasteiger partial charge in [0.25, 0.3) is 0 Å². The summed E-state index contributed by atoms with van der Waals surface area (Å²) in [6, 6.07) is 9.48. The van der Waals surface area contributed by atoms with E-state index in [1.807, 2.05) is 24.3 Å². The van der Waals surface area contributed by atoms with Gasteiger partial charge in [0.05, 0.1) is 0 Å². The van der Waals surface area contributed by atoms with E-state index >= 15 is 0 Å². The van der Waals surface area contributed by atoms with Gasteiger partial charge >= 0.3 is 0 Å². The number of halogens is 1. The van der Waals surface area contributed by atoms with Crippen LogP contribution in [0.25, 0.3) is 5.82 Å². The minimum atomic E-state index is 0.591. The van der Waals surface area contributed by atoms with Crippen LogP contribution in [-0.2, 0) is 6.54 Å². The molecule has 0 radical (unpaired) electrons. The maximum absolute atomic E-state index is 6.11. The Morgan fingerprint density at radius 2 is 2.05 bits per heavy atom. The lowest BCUT2D eigenvalue weighted by atomic mass is 10.2. The van der Waals surface area contributed by atoms with Gasteiger partial charge < -0.3 is 5.32 Å². The van der Waals surface area contributed by atoms with E-state index in [9.17, 15) is 0 Å². The van der Waals surface area contributed by atoms with Crippen LogP contribution in [-0.4, -0.2) is 24.7 Å². The summed E-state index contributed by atoms with van der Waals surface area (Å²) in [4.78, 5) is 12.2. The summed E-state index contributed by atoms with van der Waals surface area (Å²) < 4.78 is 1.57. The van der Waals surface area contributed by atoms with Crippen LogP contribution in [0.15, 0.2) is 49.3 Å². The predicted octanol–water partition coefficient (Wildman–Crippen LogP) is 2.32. The van der Waals surface area contributed by atoms with E-state index in [1.54, 1.807) is 17.1 Å². The molecule has 0 aliphatic rings. The fourth-order valence-corrected chi connectivity index (χ4v) is 1.93. The largest absolute Gasteiger partial charge is 0.366 e. The van der Waals surface area contributed by atoms with Crippen molar-refractivity contribution < 1.29 is 0 Å². The van der Waals surface area contributed by atoms with Gasteiger partial charge in [-0.1, -0.05) is 29.8 Å². The molecule has 2 heterocycles. The van der Waals surface area contributed by atoms with E-state index in [4.69, 9.17) is 11.6 Å². The number of hydrogen-bond acceptors (Lipinski definition) is 5.